The normalized spacial score (nSPS) is 22.4. The standard InChI is InChI=1S/C26H30ClN3OS/c1-7-30-22-13-20(27)18(11-19(22)16(3)14-26(30,5)6)12-23-24(31)29-25(32-23)28-21-10-8-9-15(2)17(21)4/h8-13,16H,7,14H2,1-6H3,(H,28,29,31)/b23-12+. The number of nitrogens with one attached hydrogen (secondary N) is 1. The molecule has 2 aromatic carbocycles. The maximum absolute atomic E-state index is 12.6. The van der Waals surface area contributed by atoms with Gasteiger partial charge in [0.15, 0.2) is 5.17 Å². The number of hydrogen-bond acceptors (Lipinski definition) is 4. The van der Waals surface area contributed by atoms with E-state index in [1.54, 1.807) is 0 Å². The Kier molecular flexibility index (Phi) is 6.17. The Bertz CT molecular complexity index is 1150. The molecule has 0 bridgehead atoms. The van der Waals surface area contributed by atoms with E-state index in [0.29, 0.717) is 21.0 Å². The van der Waals surface area contributed by atoms with Crippen LogP contribution in [0, 0.1) is 13.8 Å². The van der Waals surface area contributed by atoms with Gasteiger partial charge < -0.3 is 10.2 Å². The van der Waals surface area contributed by atoms with E-state index in [-0.39, 0.29) is 11.4 Å². The Morgan fingerprint density at radius 1 is 1.31 bits per heavy atom. The Morgan fingerprint density at radius 3 is 2.78 bits per heavy atom. The summed E-state index contributed by atoms with van der Waals surface area (Å²) in [6, 6.07) is 10.2. The first-order valence-electron chi connectivity index (χ1n) is 11.1. The molecule has 168 valence electrons. The van der Waals surface area contributed by atoms with Gasteiger partial charge in [0.1, 0.15) is 0 Å². The molecule has 0 aromatic heterocycles. The molecule has 1 saturated heterocycles. The molecule has 2 aromatic rings. The number of aryl methyl sites for hydroxylation is 1. The highest BCUT2D eigenvalue weighted by Crippen LogP contribution is 2.45. The van der Waals surface area contributed by atoms with Crippen LogP contribution in [0.1, 0.15) is 62.3 Å². The SMILES string of the molecule is CCN1c2cc(Cl)c(/C=C3/SC(=Nc4cccc(C)c4C)NC3=O)cc2C(C)CC1(C)C. The number of nitrogens with zero attached hydrogens (tertiary/aromatic N) is 2. The number of rotatable bonds is 3. The van der Waals surface area contributed by atoms with E-state index >= 15 is 0 Å². The van der Waals surface area contributed by atoms with E-state index in [1.807, 2.05) is 25.1 Å². The first kappa shape index (κ1) is 22.9. The summed E-state index contributed by atoms with van der Waals surface area (Å²) in [6.45, 7) is 14.1. The minimum Gasteiger partial charge on any atom is -0.366 e. The number of anilines is 1. The van der Waals surface area contributed by atoms with Crippen LogP contribution in [-0.2, 0) is 4.79 Å². The van der Waals surface area contributed by atoms with Crippen molar-refractivity contribution in [3.63, 3.8) is 0 Å². The number of carbonyl (C=O) groups is 1. The predicted molar refractivity (Wildman–Crippen MR) is 138 cm³/mol. The third-order valence-electron chi connectivity index (χ3n) is 6.56. The fraction of sp³-hybridized carbons (Fsp3) is 0.385. The van der Waals surface area contributed by atoms with Crippen molar-refractivity contribution < 1.29 is 4.79 Å². The molecule has 0 radical (unpaired) electrons. The highest BCUT2D eigenvalue weighted by atomic mass is 35.5. The van der Waals surface area contributed by atoms with E-state index in [0.717, 1.165) is 29.8 Å². The second-order valence-corrected chi connectivity index (χ2v) is 10.7. The number of amidine groups is 1. The van der Waals surface area contributed by atoms with Crippen molar-refractivity contribution >= 4 is 51.9 Å². The lowest BCUT2D eigenvalue weighted by molar-refractivity contribution is -0.115. The Labute approximate surface area is 200 Å². The van der Waals surface area contributed by atoms with Crippen LogP contribution in [0.2, 0.25) is 5.02 Å². The lowest BCUT2D eigenvalue weighted by Crippen LogP contribution is -2.48. The smallest absolute Gasteiger partial charge is 0.264 e. The van der Waals surface area contributed by atoms with Crippen molar-refractivity contribution in [3.8, 4) is 0 Å². The summed E-state index contributed by atoms with van der Waals surface area (Å²) in [4.78, 5) is 20.3. The van der Waals surface area contributed by atoms with Crippen LogP contribution >= 0.6 is 23.4 Å². The van der Waals surface area contributed by atoms with Gasteiger partial charge in [-0.3, -0.25) is 4.79 Å². The summed E-state index contributed by atoms with van der Waals surface area (Å²) >= 11 is 8.07. The van der Waals surface area contributed by atoms with E-state index in [9.17, 15) is 4.79 Å². The number of aliphatic imine (C=N–C) groups is 1. The Balaban J connectivity index is 1.68. The third-order valence-corrected chi connectivity index (χ3v) is 7.79. The van der Waals surface area contributed by atoms with Crippen LogP contribution in [0.25, 0.3) is 6.08 Å². The number of benzene rings is 2. The minimum atomic E-state index is -0.141. The predicted octanol–water partition coefficient (Wildman–Crippen LogP) is 6.96. The van der Waals surface area contributed by atoms with Gasteiger partial charge in [0.2, 0.25) is 0 Å². The average Bonchev–Trinajstić information content (AvgIpc) is 3.05. The van der Waals surface area contributed by atoms with Crippen LogP contribution in [0.4, 0.5) is 11.4 Å². The Morgan fingerprint density at radius 2 is 2.06 bits per heavy atom. The molecular formula is C26H30ClN3OS. The van der Waals surface area contributed by atoms with Crippen LogP contribution in [0.15, 0.2) is 40.2 Å². The van der Waals surface area contributed by atoms with Crippen molar-refractivity contribution in [2.45, 2.75) is 59.4 Å². The quantitative estimate of drug-likeness (QED) is 0.496. The van der Waals surface area contributed by atoms with Crippen molar-refractivity contribution in [3.05, 3.63) is 62.5 Å². The fourth-order valence-corrected chi connectivity index (χ4v) is 5.86. The number of hydrogen-bond donors (Lipinski definition) is 1. The molecule has 2 aliphatic heterocycles. The van der Waals surface area contributed by atoms with Gasteiger partial charge in [0.25, 0.3) is 5.91 Å². The molecular weight excluding hydrogens is 438 g/mol. The second kappa shape index (κ2) is 8.60. The van der Waals surface area contributed by atoms with E-state index < -0.39 is 0 Å². The summed E-state index contributed by atoms with van der Waals surface area (Å²) in [6.07, 6.45) is 2.96. The first-order valence-corrected chi connectivity index (χ1v) is 12.3. The van der Waals surface area contributed by atoms with E-state index in [2.05, 4.69) is 68.0 Å². The van der Waals surface area contributed by atoms with Crippen LogP contribution in [-0.4, -0.2) is 23.2 Å². The zero-order chi connectivity index (χ0) is 23.2. The zero-order valence-corrected chi connectivity index (χ0v) is 21.1. The molecule has 4 rings (SSSR count). The molecule has 0 saturated carbocycles. The van der Waals surface area contributed by atoms with Gasteiger partial charge in [-0.2, -0.15) is 0 Å². The minimum absolute atomic E-state index is 0.0882. The zero-order valence-electron chi connectivity index (χ0n) is 19.5. The Hall–Kier alpha value is -2.24. The van der Waals surface area contributed by atoms with Crippen molar-refractivity contribution in [2.75, 3.05) is 11.4 Å². The summed E-state index contributed by atoms with van der Waals surface area (Å²) in [5, 5.41) is 4.15. The topological polar surface area (TPSA) is 44.7 Å². The highest BCUT2D eigenvalue weighted by Gasteiger charge is 2.36. The molecule has 6 heteroatoms. The van der Waals surface area contributed by atoms with Gasteiger partial charge in [0, 0.05) is 22.8 Å². The molecule has 1 fully saturated rings. The molecule has 0 spiro atoms. The fourth-order valence-electron chi connectivity index (χ4n) is 4.82. The van der Waals surface area contributed by atoms with Crippen LogP contribution in [0.5, 0.6) is 0 Å². The summed E-state index contributed by atoms with van der Waals surface area (Å²) in [5.74, 6) is 0.279. The van der Waals surface area contributed by atoms with Crippen LogP contribution in [0.3, 0.4) is 0 Å². The van der Waals surface area contributed by atoms with Crippen molar-refractivity contribution in [1.82, 2.24) is 5.32 Å². The maximum atomic E-state index is 12.6. The van der Waals surface area contributed by atoms with Gasteiger partial charge in [-0.1, -0.05) is 30.7 Å². The number of fused-ring (bicyclic) bond motifs is 1. The molecule has 2 heterocycles. The van der Waals surface area contributed by atoms with Gasteiger partial charge >= 0.3 is 0 Å². The summed E-state index contributed by atoms with van der Waals surface area (Å²) in [7, 11) is 0. The lowest BCUT2D eigenvalue weighted by atomic mass is 9.79. The third kappa shape index (κ3) is 4.20. The van der Waals surface area contributed by atoms with E-state index in [1.165, 1.54) is 28.6 Å². The molecule has 1 atom stereocenters. The monoisotopic (exact) mass is 467 g/mol. The number of thioether (sulfide) groups is 1. The average molecular weight is 468 g/mol. The molecule has 2 aliphatic rings. The van der Waals surface area contributed by atoms with Gasteiger partial charge in [-0.05, 0) is 105 Å². The second-order valence-electron chi connectivity index (χ2n) is 9.30. The summed E-state index contributed by atoms with van der Waals surface area (Å²) < 4.78 is 0. The number of amides is 1. The maximum Gasteiger partial charge on any atom is 0.264 e. The molecule has 1 unspecified atom stereocenters. The van der Waals surface area contributed by atoms with Crippen molar-refractivity contribution in [2.24, 2.45) is 4.99 Å². The lowest BCUT2D eigenvalue weighted by Gasteiger charge is -2.47. The molecule has 1 N–H and O–H groups in total. The molecule has 0 aliphatic carbocycles. The number of carbonyl (C=O) groups excluding carboxylic acids is 1. The first-order chi connectivity index (χ1) is 15.1. The molecule has 1 amide bonds. The van der Waals surface area contributed by atoms with Gasteiger partial charge in [-0.15, -0.1) is 0 Å². The largest absolute Gasteiger partial charge is 0.366 e. The molecule has 4 nitrogen and oxygen atoms in total. The van der Waals surface area contributed by atoms with E-state index in [4.69, 9.17) is 11.6 Å². The van der Waals surface area contributed by atoms with Gasteiger partial charge in [0.05, 0.1) is 10.6 Å². The summed E-state index contributed by atoms with van der Waals surface area (Å²) in [5.41, 5.74) is 6.61. The number of halogens is 1. The molecule has 32 heavy (non-hydrogen) atoms. The highest BCUT2D eigenvalue weighted by molar-refractivity contribution is 8.18. The van der Waals surface area contributed by atoms with Gasteiger partial charge in [-0.25, -0.2) is 4.99 Å². The van der Waals surface area contributed by atoms with Crippen molar-refractivity contribution in [1.29, 1.82) is 0 Å². The van der Waals surface area contributed by atoms with Crippen LogP contribution < -0.4 is 10.2 Å².